The van der Waals surface area contributed by atoms with Crippen LogP contribution in [0, 0.1) is 23.2 Å². The number of aliphatic hydroxyl groups excluding tert-OH is 9. The summed E-state index contributed by atoms with van der Waals surface area (Å²) in [5.41, 5.74) is -1.54. The van der Waals surface area contributed by atoms with Crippen molar-refractivity contribution in [2.75, 3.05) is 85.8 Å². The number of hydrogen-bond acceptors (Lipinski definition) is 23. The molecular formula is C54H96N2O23. The van der Waals surface area contributed by atoms with Gasteiger partial charge in [0.2, 0.25) is 11.8 Å². The third kappa shape index (κ3) is 25.3. The highest BCUT2D eigenvalue weighted by molar-refractivity contribution is 5.81. The number of amides is 2. The minimum Gasteiger partial charge on any atom is -0.394 e. The Morgan fingerprint density at radius 3 is 1.10 bits per heavy atom. The second-order valence-corrected chi connectivity index (χ2v) is 22.6. The molecule has 0 bridgehead atoms. The van der Waals surface area contributed by atoms with Gasteiger partial charge in [-0.2, -0.15) is 0 Å². The van der Waals surface area contributed by atoms with E-state index in [2.05, 4.69) is 31.4 Å². The van der Waals surface area contributed by atoms with Crippen molar-refractivity contribution in [2.45, 2.75) is 204 Å². The number of ketones is 3. The maximum Gasteiger partial charge on any atom is 0.220 e. The van der Waals surface area contributed by atoms with Gasteiger partial charge in [-0.1, -0.05) is 41.5 Å². The zero-order chi connectivity index (χ0) is 58.7. The number of rotatable bonds is 40. The molecule has 3 rings (SSSR count). The molecule has 25 nitrogen and oxygen atoms in total. The van der Waals surface area contributed by atoms with Crippen LogP contribution >= 0.6 is 0 Å². The molecule has 0 spiro atoms. The maximum atomic E-state index is 13.7. The van der Waals surface area contributed by atoms with Crippen LogP contribution in [0.25, 0.3) is 0 Å². The summed E-state index contributed by atoms with van der Waals surface area (Å²) in [6, 6.07) is 0. The van der Waals surface area contributed by atoms with Crippen molar-refractivity contribution in [1.82, 2.24) is 10.6 Å². The molecule has 0 aromatic heterocycles. The highest BCUT2D eigenvalue weighted by Gasteiger charge is 2.45. The molecule has 0 aliphatic carbocycles. The number of unbranched alkanes of at least 4 members (excludes halogenated alkanes) is 3. The lowest BCUT2D eigenvalue weighted by atomic mass is 9.92. The lowest BCUT2D eigenvalue weighted by Crippen LogP contribution is -2.59. The Hall–Kier alpha value is -2.77. The van der Waals surface area contributed by atoms with Gasteiger partial charge < -0.3 is 99.2 Å². The molecule has 79 heavy (non-hydrogen) atoms. The van der Waals surface area contributed by atoms with Crippen LogP contribution in [0.2, 0.25) is 0 Å². The topological polar surface area (TPSA) is 375 Å². The van der Waals surface area contributed by atoms with Crippen LogP contribution in [-0.4, -0.2) is 240 Å². The van der Waals surface area contributed by atoms with Crippen LogP contribution < -0.4 is 10.6 Å². The normalized spacial score (nSPS) is 30.1. The molecule has 0 radical (unpaired) electrons. The molecular weight excluding hydrogens is 1040 g/mol. The fourth-order valence-corrected chi connectivity index (χ4v) is 9.07. The first-order valence-corrected chi connectivity index (χ1v) is 28.0. The second-order valence-electron chi connectivity index (χ2n) is 22.6. The van der Waals surface area contributed by atoms with Crippen molar-refractivity contribution in [1.29, 1.82) is 0 Å². The summed E-state index contributed by atoms with van der Waals surface area (Å²) < 4.78 is 51.9. The van der Waals surface area contributed by atoms with Gasteiger partial charge in [0.1, 0.15) is 62.0 Å². The van der Waals surface area contributed by atoms with E-state index >= 15 is 0 Å². The monoisotopic (exact) mass is 1140 g/mol. The standard InChI is InChI=1S/C54H96N2O23/c1-33-44(65)47(68)39(24-57)77-50(33)74-21-10-7-14-36(60)27-71-30-54(56-43(64)18-13-17-42(63)55-20-19-53(4,5)6,31-72-28-37(61)15-8-11-22-75-51-34(2)45(66)48(69)40(25-58)78-51)32-73-29-38(62)16-9-12-23-76-52-35(3)46(67)49(70)41(26-59)79-52/h33-35,39-41,44-52,57-59,65-70H,7-32H2,1-6H3,(H,55,63)(H,56,64). The summed E-state index contributed by atoms with van der Waals surface area (Å²) in [6.07, 6.45) is -9.46. The van der Waals surface area contributed by atoms with E-state index in [9.17, 15) is 69.9 Å². The van der Waals surface area contributed by atoms with E-state index in [0.29, 0.717) is 45.1 Å². The third-order valence-corrected chi connectivity index (χ3v) is 14.3. The smallest absolute Gasteiger partial charge is 0.220 e. The third-order valence-electron chi connectivity index (χ3n) is 14.3. The predicted octanol–water partition coefficient (Wildman–Crippen LogP) is -0.893. The van der Waals surface area contributed by atoms with Gasteiger partial charge >= 0.3 is 0 Å². The number of hydrogen-bond donors (Lipinski definition) is 11. The van der Waals surface area contributed by atoms with E-state index in [1.807, 2.05) is 0 Å². The van der Waals surface area contributed by atoms with Gasteiger partial charge in [-0.05, 0) is 56.8 Å². The average Bonchev–Trinajstić information content (AvgIpc) is 3.40. The van der Waals surface area contributed by atoms with Crippen molar-refractivity contribution in [3.05, 3.63) is 0 Å². The van der Waals surface area contributed by atoms with E-state index in [-0.39, 0.29) is 107 Å². The summed E-state index contributed by atoms with van der Waals surface area (Å²) in [6.45, 7) is 8.26. The highest BCUT2D eigenvalue weighted by atomic mass is 16.7. The van der Waals surface area contributed by atoms with Crippen LogP contribution in [-0.2, 0) is 66.6 Å². The predicted molar refractivity (Wildman–Crippen MR) is 279 cm³/mol. The zero-order valence-corrected chi connectivity index (χ0v) is 47.3. The van der Waals surface area contributed by atoms with E-state index in [0.717, 1.165) is 6.42 Å². The molecule has 3 fully saturated rings. The first-order valence-electron chi connectivity index (χ1n) is 28.0. The second kappa shape index (κ2) is 36.7. The number of Topliss-reactive ketones (excluding diaryl/α,β-unsaturated/α-hetero) is 3. The molecule has 15 atom stereocenters. The van der Waals surface area contributed by atoms with Crippen LogP contribution in [0.15, 0.2) is 0 Å². The van der Waals surface area contributed by atoms with Gasteiger partial charge in [0.25, 0.3) is 0 Å². The fourth-order valence-electron chi connectivity index (χ4n) is 9.07. The highest BCUT2D eigenvalue weighted by Crippen LogP contribution is 2.29. The SMILES string of the molecule is CC1C(OCCCCC(=O)COCC(COCC(=O)CCCCOC2OC(CO)C(O)C(O)C2C)(COCC(=O)CCCCOC2OC(CO)C(O)C(O)C2C)NC(=O)CCCC(=O)NCCC(C)(C)C)OC(CO)C(O)C1O. The van der Waals surface area contributed by atoms with Crippen molar-refractivity contribution in [2.24, 2.45) is 23.2 Å². The first kappa shape index (κ1) is 70.5. The zero-order valence-electron chi connectivity index (χ0n) is 47.3. The van der Waals surface area contributed by atoms with Crippen LogP contribution in [0.1, 0.15) is 125 Å². The molecule has 3 heterocycles. The molecule has 0 aromatic rings. The molecule has 0 aromatic carbocycles. The van der Waals surface area contributed by atoms with Crippen LogP contribution in [0.5, 0.6) is 0 Å². The molecule has 3 aliphatic rings. The summed E-state index contributed by atoms with van der Waals surface area (Å²) in [5, 5.41) is 95.8. The molecule has 3 saturated heterocycles. The Balaban J connectivity index is 1.64. The number of ether oxygens (including phenoxy) is 9. The maximum absolute atomic E-state index is 13.7. The molecule has 15 unspecified atom stereocenters. The van der Waals surface area contributed by atoms with Crippen molar-refractivity contribution < 1.29 is 113 Å². The molecule has 25 heteroatoms. The number of nitrogens with one attached hydrogen (secondary N) is 2. The molecule has 3 aliphatic heterocycles. The van der Waals surface area contributed by atoms with Crippen molar-refractivity contribution in [3.8, 4) is 0 Å². The molecule has 11 N–H and O–H groups in total. The Morgan fingerprint density at radius 1 is 0.456 bits per heavy atom. The minimum atomic E-state index is -1.55. The van der Waals surface area contributed by atoms with Gasteiger partial charge in [-0.15, -0.1) is 0 Å². The summed E-state index contributed by atoms with van der Waals surface area (Å²) in [7, 11) is 0. The Labute approximate surface area is 464 Å². The summed E-state index contributed by atoms with van der Waals surface area (Å²) in [5.74, 6) is -3.36. The van der Waals surface area contributed by atoms with Gasteiger partial charge in [0, 0.05) is 76.2 Å². The van der Waals surface area contributed by atoms with Crippen molar-refractivity contribution >= 4 is 29.2 Å². The lowest BCUT2D eigenvalue weighted by Gasteiger charge is -2.40. The lowest BCUT2D eigenvalue weighted by molar-refractivity contribution is -0.282. The van der Waals surface area contributed by atoms with E-state index in [4.69, 9.17) is 42.6 Å². The van der Waals surface area contributed by atoms with Crippen molar-refractivity contribution in [3.63, 3.8) is 0 Å². The first-order chi connectivity index (χ1) is 37.5. The largest absolute Gasteiger partial charge is 0.394 e. The minimum absolute atomic E-state index is 0.0106. The molecule has 460 valence electrons. The number of carbonyl (C=O) groups is 5. The Morgan fingerprint density at radius 2 is 0.785 bits per heavy atom. The van der Waals surface area contributed by atoms with Gasteiger partial charge in [0.15, 0.2) is 36.2 Å². The van der Waals surface area contributed by atoms with E-state index in [1.54, 1.807) is 20.8 Å². The fraction of sp³-hybridized carbons (Fsp3) is 0.907. The number of carbonyl (C=O) groups excluding carboxylic acids is 5. The Kier molecular flexibility index (Phi) is 32.8. The quantitative estimate of drug-likeness (QED) is 0.0332. The molecule has 2 amide bonds. The summed E-state index contributed by atoms with van der Waals surface area (Å²) >= 11 is 0. The van der Waals surface area contributed by atoms with Gasteiger partial charge in [0.05, 0.1) is 58.0 Å². The number of aliphatic hydroxyl groups is 9. The van der Waals surface area contributed by atoms with E-state index in [1.165, 1.54) is 0 Å². The van der Waals surface area contributed by atoms with Crippen LogP contribution in [0.3, 0.4) is 0 Å². The van der Waals surface area contributed by atoms with Gasteiger partial charge in [-0.3, -0.25) is 24.0 Å². The summed E-state index contributed by atoms with van der Waals surface area (Å²) in [4.78, 5) is 65.7. The van der Waals surface area contributed by atoms with Gasteiger partial charge in [-0.25, -0.2) is 0 Å². The Bertz CT molecular complexity index is 1610. The average molecular weight is 1140 g/mol. The van der Waals surface area contributed by atoms with Crippen LogP contribution in [0.4, 0.5) is 0 Å². The van der Waals surface area contributed by atoms with E-state index < -0.39 is 143 Å². The molecule has 0 saturated carbocycles.